The molecular weight excluding hydrogens is 249 g/mol. The maximum atomic E-state index is 13.3. The maximum Gasteiger partial charge on any atom is 0.253 e. The number of benzene rings is 1. The van der Waals surface area contributed by atoms with Gasteiger partial charge in [0.25, 0.3) is 5.91 Å². The van der Waals surface area contributed by atoms with Crippen molar-refractivity contribution in [1.29, 1.82) is 0 Å². The van der Waals surface area contributed by atoms with Crippen LogP contribution < -0.4 is 0 Å². The van der Waals surface area contributed by atoms with E-state index in [1.807, 2.05) is 0 Å². The highest BCUT2D eigenvalue weighted by Gasteiger charge is 2.10. The normalized spacial score (nSPS) is 10.0. The minimum Gasteiger partial charge on any atom is -0.345 e. The monoisotopic (exact) mass is 259 g/mol. The van der Waals surface area contributed by atoms with Gasteiger partial charge in [0.1, 0.15) is 5.82 Å². The van der Waals surface area contributed by atoms with Gasteiger partial charge in [0.05, 0.1) is 0 Å². The van der Waals surface area contributed by atoms with Crippen molar-refractivity contribution in [1.82, 2.24) is 4.90 Å². The predicted molar refractivity (Wildman–Crippen MR) is 57.0 cm³/mol. The lowest BCUT2D eigenvalue weighted by molar-refractivity contribution is 0.0827. The summed E-state index contributed by atoms with van der Waals surface area (Å²) in [5, 5.41) is 0.454. The second-order valence-electron chi connectivity index (χ2n) is 3.14. The molecule has 0 heterocycles. The Morgan fingerprint density at radius 2 is 2.14 bits per heavy atom. The number of halogens is 2. The molecule has 0 radical (unpaired) electrons. The Morgan fingerprint density at radius 1 is 1.50 bits per heavy atom. The van der Waals surface area contributed by atoms with Crippen LogP contribution in [0.1, 0.15) is 15.9 Å². The van der Waals surface area contributed by atoms with Crippen LogP contribution in [0.25, 0.3) is 0 Å². The fourth-order valence-corrected chi connectivity index (χ4v) is 1.50. The highest BCUT2D eigenvalue weighted by atomic mass is 79.9. The first-order chi connectivity index (χ1) is 6.56. The zero-order chi connectivity index (χ0) is 10.7. The number of carbonyl (C=O) groups excluding carboxylic acids is 1. The van der Waals surface area contributed by atoms with E-state index in [1.165, 1.54) is 11.0 Å². The maximum absolute atomic E-state index is 13.3. The molecule has 0 fully saturated rings. The fraction of sp³-hybridized carbons (Fsp3) is 0.300. The number of hydrogen-bond acceptors (Lipinski definition) is 1. The lowest BCUT2D eigenvalue weighted by Gasteiger charge is -2.10. The molecule has 0 aliphatic rings. The van der Waals surface area contributed by atoms with Gasteiger partial charge in [-0.25, -0.2) is 4.39 Å². The second-order valence-corrected chi connectivity index (χ2v) is 3.70. The Labute approximate surface area is 90.8 Å². The molecule has 2 nitrogen and oxygen atoms in total. The molecule has 0 aliphatic carbocycles. The molecule has 0 aromatic heterocycles. The molecule has 0 bridgehead atoms. The van der Waals surface area contributed by atoms with Gasteiger partial charge in [0.15, 0.2) is 0 Å². The Bertz CT molecular complexity index is 352. The molecule has 76 valence electrons. The number of carbonyl (C=O) groups is 1. The average Bonchev–Trinajstić information content (AvgIpc) is 2.16. The van der Waals surface area contributed by atoms with E-state index in [-0.39, 0.29) is 11.7 Å². The number of alkyl halides is 1. The number of rotatable bonds is 2. The summed E-state index contributed by atoms with van der Waals surface area (Å²) in [5.41, 5.74) is 0.928. The summed E-state index contributed by atoms with van der Waals surface area (Å²) in [4.78, 5) is 12.9. The van der Waals surface area contributed by atoms with Crippen LogP contribution in [0.15, 0.2) is 18.2 Å². The Hall–Kier alpha value is -0.900. The summed E-state index contributed by atoms with van der Waals surface area (Å²) in [7, 11) is 3.28. The van der Waals surface area contributed by atoms with Crippen LogP contribution in [0.2, 0.25) is 0 Å². The average molecular weight is 260 g/mol. The van der Waals surface area contributed by atoms with E-state index in [0.717, 1.165) is 0 Å². The molecule has 0 spiro atoms. The number of nitrogens with zero attached hydrogens (tertiary/aromatic N) is 1. The van der Waals surface area contributed by atoms with E-state index in [9.17, 15) is 9.18 Å². The highest BCUT2D eigenvalue weighted by Crippen LogP contribution is 2.14. The van der Waals surface area contributed by atoms with Crippen LogP contribution in [0.5, 0.6) is 0 Å². The van der Waals surface area contributed by atoms with Crippen molar-refractivity contribution in [3.63, 3.8) is 0 Å². The summed E-state index contributed by atoms with van der Waals surface area (Å²) in [6.07, 6.45) is 0. The largest absolute Gasteiger partial charge is 0.345 e. The third-order valence-corrected chi connectivity index (χ3v) is 2.45. The molecule has 1 aromatic rings. The van der Waals surface area contributed by atoms with E-state index in [2.05, 4.69) is 15.9 Å². The van der Waals surface area contributed by atoms with E-state index in [0.29, 0.717) is 16.5 Å². The first-order valence-corrected chi connectivity index (χ1v) is 5.24. The molecule has 14 heavy (non-hydrogen) atoms. The van der Waals surface area contributed by atoms with Crippen molar-refractivity contribution in [2.75, 3.05) is 14.1 Å². The van der Waals surface area contributed by atoms with Crippen LogP contribution >= 0.6 is 15.9 Å². The molecular formula is C10H11BrFNO. The molecule has 0 N–H and O–H groups in total. The fourth-order valence-electron chi connectivity index (χ4n) is 1.05. The lowest BCUT2D eigenvalue weighted by Crippen LogP contribution is -2.21. The second kappa shape index (κ2) is 4.55. The third-order valence-electron chi connectivity index (χ3n) is 1.85. The minimum atomic E-state index is -0.352. The summed E-state index contributed by atoms with van der Waals surface area (Å²) in [5.74, 6) is -0.542. The Balaban J connectivity index is 3.03. The van der Waals surface area contributed by atoms with Gasteiger partial charge in [-0.05, 0) is 17.7 Å². The van der Waals surface area contributed by atoms with Crippen LogP contribution in [0.4, 0.5) is 4.39 Å². The zero-order valence-corrected chi connectivity index (χ0v) is 9.64. The van der Waals surface area contributed by atoms with Crippen molar-refractivity contribution >= 4 is 21.8 Å². The van der Waals surface area contributed by atoms with Crippen molar-refractivity contribution < 1.29 is 9.18 Å². The van der Waals surface area contributed by atoms with Crippen molar-refractivity contribution in [3.05, 3.63) is 35.1 Å². The Morgan fingerprint density at radius 3 is 2.57 bits per heavy atom. The van der Waals surface area contributed by atoms with Crippen LogP contribution in [-0.4, -0.2) is 24.9 Å². The van der Waals surface area contributed by atoms with Gasteiger partial charge in [-0.1, -0.05) is 22.0 Å². The van der Waals surface area contributed by atoms with Crippen LogP contribution in [-0.2, 0) is 5.33 Å². The molecule has 1 rings (SSSR count). The molecule has 4 heteroatoms. The molecule has 0 saturated carbocycles. The molecule has 0 saturated heterocycles. The van der Waals surface area contributed by atoms with Gasteiger partial charge in [-0.3, -0.25) is 4.79 Å². The first kappa shape index (κ1) is 11.2. The van der Waals surface area contributed by atoms with Gasteiger partial charge in [0, 0.05) is 25.0 Å². The van der Waals surface area contributed by atoms with E-state index in [4.69, 9.17) is 0 Å². The highest BCUT2D eigenvalue weighted by molar-refractivity contribution is 9.08. The van der Waals surface area contributed by atoms with Gasteiger partial charge >= 0.3 is 0 Å². The Kier molecular flexibility index (Phi) is 3.63. The molecule has 1 amide bonds. The lowest BCUT2D eigenvalue weighted by atomic mass is 10.1. The van der Waals surface area contributed by atoms with E-state index < -0.39 is 0 Å². The standard InChI is InChI=1S/C10H11BrFNO/c1-13(2)10(14)7-3-4-8(6-11)9(12)5-7/h3-5H,6H2,1-2H3. The van der Waals surface area contributed by atoms with Gasteiger partial charge in [0.2, 0.25) is 0 Å². The minimum absolute atomic E-state index is 0.190. The van der Waals surface area contributed by atoms with E-state index in [1.54, 1.807) is 26.2 Å². The third kappa shape index (κ3) is 2.32. The van der Waals surface area contributed by atoms with Crippen LogP contribution in [0, 0.1) is 5.82 Å². The van der Waals surface area contributed by atoms with Gasteiger partial charge in [-0.2, -0.15) is 0 Å². The summed E-state index contributed by atoms with van der Waals surface area (Å²) < 4.78 is 13.3. The van der Waals surface area contributed by atoms with E-state index >= 15 is 0 Å². The van der Waals surface area contributed by atoms with Crippen molar-refractivity contribution in [2.24, 2.45) is 0 Å². The number of amides is 1. The summed E-state index contributed by atoms with van der Waals surface area (Å²) >= 11 is 3.16. The number of hydrogen-bond donors (Lipinski definition) is 0. The van der Waals surface area contributed by atoms with Gasteiger partial charge < -0.3 is 4.90 Å². The summed E-state index contributed by atoms with van der Waals surface area (Å²) in [6.45, 7) is 0. The molecule has 0 atom stereocenters. The molecule has 0 aliphatic heterocycles. The first-order valence-electron chi connectivity index (χ1n) is 4.12. The smallest absolute Gasteiger partial charge is 0.253 e. The predicted octanol–water partition coefficient (Wildman–Crippen LogP) is 2.42. The zero-order valence-electron chi connectivity index (χ0n) is 8.05. The van der Waals surface area contributed by atoms with Crippen LogP contribution in [0.3, 0.4) is 0 Å². The molecule has 1 aromatic carbocycles. The van der Waals surface area contributed by atoms with Crippen molar-refractivity contribution in [3.8, 4) is 0 Å². The van der Waals surface area contributed by atoms with Crippen molar-refractivity contribution in [2.45, 2.75) is 5.33 Å². The quantitative estimate of drug-likeness (QED) is 0.748. The molecule has 0 unspecified atom stereocenters. The summed E-state index contributed by atoms with van der Waals surface area (Å²) in [6, 6.07) is 4.50. The van der Waals surface area contributed by atoms with Gasteiger partial charge in [-0.15, -0.1) is 0 Å². The topological polar surface area (TPSA) is 20.3 Å². The SMILES string of the molecule is CN(C)C(=O)c1ccc(CBr)c(F)c1.